The van der Waals surface area contributed by atoms with Gasteiger partial charge in [0.1, 0.15) is 5.01 Å². The second-order valence-corrected chi connectivity index (χ2v) is 6.52. The highest BCUT2D eigenvalue weighted by atomic mass is 79.9. The van der Waals surface area contributed by atoms with Crippen LogP contribution in [0.1, 0.15) is 32.0 Å². The molecule has 2 aromatic rings. The van der Waals surface area contributed by atoms with E-state index in [-0.39, 0.29) is 5.41 Å². The molecule has 90 valence electrons. The van der Waals surface area contributed by atoms with Crippen molar-refractivity contribution in [1.82, 2.24) is 4.98 Å². The van der Waals surface area contributed by atoms with E-state index in [0.717, 1.165) is 16.0 Å². The highest BCUT2D eigenvalue weighted by molar-refractivity contribution is 9.08. The van der Waals surface area contributed by atoms with Crippen molar-refractivity contribution in [3.05, 3.63) is 40.9 Å². The maximum Gasteiger partial charge on any atom is 0.123 e. The predicted octanol–water partition coefficient (Wildman–Crippen LogP) is 5.00. The van der Waals surface area contributed by atoms with Gasteiger partial charge in [0, 0.05) is 16.3 Å². The summed E-state index contributed by atoms with van der Waals surface area (Å²) in [7, 11) is 0. The lowest BCUT2D eigenvalue weighted by atomic mass is 9.87. The third kappa shape index (κ3) is 2.96. The summed E-state index contributed by atoms with van der Waals surface area (Å²) >= 11 is 5.12. The highest BCUT2D eigenvalue weighted by Gasteiger charge is 2.13. The molecule has 3 heteroatoms. The van der Waals surface area contributed by atoms with E-state index in [2.05, 4.69) is 71.3 Å². The third-order valence-corrected chi connectivity index (χ3v) is 4.20. The number of halogens is 1. The van der Waals surface area contributed by atoms with Crippen LogP contribution in [0, 0.1) is 0 Å². The first-order chi connectivity index (χ1) is 8.00. The molecule has 0 spiro atoms. The van der Waals surface area contributed by atoms with Gasteiger partial charge in [-0.05, 0) is 11.0 Å². The topological polar surface area (TPSA) is 12.9 Å². The highest BCUT2D eigenvalue weighted by Crippen LogP contribution is 2.28. The van der Waals surface area contributed by atoms with Crippen molar-refractivity contribution in [3.63, 3.8) is 0 Å². The predicted molar refractivity (Wildman–Crippen MR) is 78.9 cm³/mol. The van der Waals surface area contributed by atoms with Crippen molar-refractivity contribution < 1.29 is 0 Å². The minimum absolute atomic E-state index is 0.211. The first-order valence-corrected chi connectivity index (χ1v) is 7.62. The molecule has 0 saturated heterocycles. The van der Waals surface area contributed by atoms with E-state index in [9.17, 15) is 0 Å². The normalized spacial score (nSPS) is 11.8. The van der Waals surface area contributed by atoms with Gasteiger partial charge in [0.05, 0.1) is 5.69 Å². The standard InChI is InChI=1S/C14H16BrNS/c1-14(2,3)11-6-4-10(5-7-11)13-16-12(8-15)9-17-13/h4-7,9H,8H2,1-3H3. The zero-order valence-electron chi connectivity index (χ0n) is 10.3. The molecule has 0 atom stereocenters. The fraction of sp³-hybridized carbons (Fsp3) is 0.357. The van der Waals surface area contributed by atoms with E-state index in [1.54, 1.807) is 11.3 Å². The number of nitrogens with zero attached hydrogens (tertiary/aromatic N) is 1. The van der Waals surface area contributed by atoms with Crippen molar-refractivity contribution in [1.29, 1.82) is 0 Å². The van der Waals surface area contributed by atoms with Gasteiger partial charge in [0.2, 0.25) is 0 Å². The fourth-order valence-electron chi connectivity index (χ4n) is 1.61. The van der Waals surface area contributed by atoms with Crippen LogP contribution in [0.2, 0.25) is 0 Å². The Hall–Kier alpha value is -0.670. The minimum atomic E-state index is 0.211. The second-order valence-electron chi connectivity index (χ2n) is 5.10. The lowest BCUT2D eigenvalue weighted by Gasteiger charge is -2.18. The molecule has 0 unspecified atom stereocenters. The van der Waals surface area contributed by atoms with Crippen molar-refractivity contribution >= 4 is 27.3 Å². The van der Waals surface area contributed by atoms with Crippen LogP contribution < -0.4 is 0 Å². The summed E-state index contributed by atoms with van der Waals surface area (Å²) < 4.78 is 0. The molecule has 0 saturated carbocycles. The van der Waals surface area contributed by atoms with Crippen LogP contribution in [0.3, 0.4) is 0 Å². The molecule has 17 heavy (non-hydrogen) atoms. The SMILES string of the molecule is CC(C)(C)c1ccc(-c2nc(CBr)cs2)cc1. The van der Waals surface area contributed by atoms with Crippen LogP contribution >= 0.6 is 27.3 Å². The Bertz CT molecular complexity index is 494. The van der Waals surface area contributed by atoms with Crippen molar-refractivity contribution in [2.45, 2.75) is 31.5 Å². The monoisotopic (exact) mass is 309 g/mol. The summed E-state index contributed by atoms with van der Waals surface area (Å²) in [6, 6.07) is 8.73. The van der Waals surface area contributed by atoms with Crippen molar-refractivity contribution in [3.8, 4) is 10.6 Å². The Morgan fingerprint density at radius 3 is 2.29 bits per heavy atom. The molecule has 0 fully saturated rings. The Labute approximate surface area is 115 Å². The maximum absolute atomic E-state index is 4.56. The van der Waals surface area contributed by atoms with Crippen LogP contribution in [0.5, 0.6) is 0 Å². The minimum Gasteiger partial charge on any atom is -0.240 e. The second kappa shape index (κ2) is 4.91. The van der Waals surface area contributed by atoms with Gasteiger partial charge in [-0.25, -0.2) is 4.98 Å². The van der Waals surface area contributed by atoms with E-state index >= 15 is 0 Å². The van der Waals surface area contributed by atoms with Gasteiger partial charge in [-0.15, -0.1) is 11.3 Å². The lowest BCUT2D eigenvalue weighted by molar-refractivity contribution is 0.590. The average Bonchev–Trinajstić information content (AvgIpc) is 2.76. The number of thiazole rings is 1. The molecule has 1 nitrogen and oxygen atoms in total. The third-order valence-electron chi connectivity index (χ3n) is 2.69. The van der Waals surface area contributed by atoms with Gasteiger partial charge in [0.15, 0.2) is 0 Å². The van der Waals surface area contributed by atoms with Gasteiger partial charge in [-0.3, -0.25) is 0 Å². The summed E-state index contributed by atoms with van der Waals surface area (Å²) in [5, 5.41) is 4.02. The lowest BCUT2D eigenvalue weighted by Crippen LogP contribution is -2.10. The molecule has 1 aromatic carbocycles. The van der Waals surface area contributed by atoms with Gasteiger partial charge >= 0.3 is 0 Å². The largest absolute Gasteiger partial charge is 0.240 e. The van der Waals surface area contributed by atoms with Crippen LogP contribution in [0.4, 0.5) is 0 Å². The number of hydrogen-bond donors (Lipinski definition) is 0. The van der Waals surface area contributed by atoms with Gasteiger partial charge in [0.25, 0.3) is 0 Å². The van der Waals surface area contributed by atoms with Crippen molar-refractivity contribution in [2.75, 3.05) is 0 Å². The molecule has 2 rings (SSSR count). The summed E-state index contributed by atoms with van der Waals surface area (Å²) in [5.41, 5.74) is 3.88. The average molecular weight is 310 g/mol. The molecule has 0 bridgehead atoms. The molecular formula is C14H16BrNS. The van der Waals surface area contributed by atoms with Crippen LogP contribution in [-0.2, 0) is 10.7 Å². The van der Waals surface area contributed by atoms with E-state index in [1.165, 1.54) is 11.1 Å². The zero-order valence-corrected chi connectivity index (χ0v) is 12.7. The molecule has 0 aliphatic heterocycles. The number of hydrogen-bond acceptors (Lipinski definition) is 2. The molecule has 0 N–H and O–H groups in total. The first kappa shape index (κ1) is 12.8. The molecule has 0 aliphatic rings. The maximum atomic E-state index is 4.56. The quantitative estimate of drug-likeness (QED) is 0.711. The Balaban J connectivity index is 2.29. The number of aromatic nitrogens is 1. The summed E-state index contributed by atoms with van der Waals surface area (Å²) in [6.45, 7) is 6.69. The Kier molecular flexibility index (Phi) is 3.69. The van der Waals surface area contributed by atoms with Crippen LogP contribution in [-0.4, -0.2) is 4.98 Å². The molecular weight excluding hydrogens is 294 g/mol. The van der Waals surface area contributed by atoms with E-state index in [1.807, 2.05) is 0 Å². The molecule has 1 heterocycles. The van der Waals surface area contributed by atoms with Crippen molar-refractivity contribution in [2.24, 2.45) is 0 Å². The first-order valence-electron chi connectivity index (χ1n) is 5.62. The molecule has 0 amide bonds. The van der Waals surface area contributed by atoms with E-state index in [0.29, 0.717) is 0 Å². The number of rotatable bonds is 2. The summed E-state index contributed by atoms with van der Waals surface area (Å²) in [6.07, 6.45) is 0. The van der Waals surface area contributed by atoms with E-state index in [4.69, 9.17) is 0 Å². The zero-order chi connectivity index (χ0) is 12.5. The Morgan fingerprint density at radius 2 is 1.82 bits per heavy atom. The summed E-state index contributed by atoms with van der Waals surface area (Å²) in [5.74, 6) is 0. The molecule has 0 radical (unpaired) electrons. The number of alkyl halides is 1. The smallest absolute Gasteiger partial charge is 0.123 e. The van der Waals surface area contributed by atoms with Gasteiger partial charge in [-0.1, -0.05) is 61.0 Å². The van der Waals surface area contributed by atoms with Gasteiger partial charge < -0.3 is 0 Å². The molecule has 1 aromatic heterocycles. The van der Waals surface area contributed by atoms with Gasteiger partial charge in [-0.2, -0.15) is 0 Å². The van der Waals surface area contributed by atoms with Crippen LogP contribution in [0.25, 0.3) is 10.6 Å². The molecule has 0 aliphatic carbocycles. The van der Waals surface area contributed by atoms with Crippen LogP contribution in [0.15, 0.2) is 29.6 Å². The number of benzene rings is 1. The fourth-order valence-corrected chi connectivity index (χ4v) is 2.94. The van der Waals surface area contributed by atoms with E-state index < -0.39 is 0 Å². The Morgan fingerprint density at radius 1 is 1.18 bits per heavy atom. The summed E-state index contributed by atoms with van der Waals surface area (Å²) in [4.78, 5) is 4.56.